The third kappa shape index (κ3) is 3.05. The lowest BCUT2D eigenvalue weighted by Crippen LogP contribution is -2.52. The van der Waals surface area contributed by atoms with Crippen molar-refractivity contribution in [3.8, 4) is 5.06 Å². The van der Waals surface area contributed by atoms with E-state index in [-0.39, 0.29) is 24.3 Å². The third-order valence-electron chi connectivity index (χ3n) is 2.64. The molecule has 6 nitrogen and oxygen atoms in total. The Bertz CT molecular complexity index is 543. The molecule has 8 heteroatoms. The molecular formula is C11H11ClN2O4S. The average Bonchev–Trinajstić information content (AvgIpc) is 2.74. The van der Waals surface area contributed by atoms with Crippen LogP contribution in [0.3, 0.4) is 0 Å². The van der Waals surface area contributed by atoms with Crippen LogP contribution in [0.15, 0.2) is 6.07 Å². The summed E-state index contributed by atoms with van der Waals surface area (Å²) in [5.41, 5.74) is 0.280. The molecule has 0 aliphatic carbocycles. The highest BCUT2D eigenvalue weighted by molar-refractivity contribution is 7.18. The van der Waals surface area contributed by atoms with Crippen LogP contribution in [0.25, 0.3) is 0 Å². The van der Waals surface area contributed by atoms with Crippen molar-refractivity contribution in [1.82, 2.24) is 10.6 Å². The Kier molecular flexibility index (Phi) is 4.06. The first-order valence-corrected chi connectivity index (χ1v) is 6.68. The van der Waals surface area contributed by atoms with Crippen LogP contribution in [0.5, 0.6) is 5.06 Å². The van der Waals surface area contributed by atoms with Crippen LogP contribution in [0.2, 0.25) is 4.34 Å². The van der Waals surface area contributed by atoms with Gasteiger partial charge >= 0.3 is 0 Å². The number of nitrogens with one attached hydrogen (secondary N) is 2. The first kappa shape index (κ1) is 13.8. The topological polar surface area (TPSA) is 84.5 Å². The number of hydrogen-bond donors (Lipinski definition) is 2. The molecule has 2 N–H and O–H groups in total. The molecule has 1 atom stereocenters. The standard InChI is InChI=1S/C11H11ClN2O4S/c1-18-11-5(4-7(12)19-11)9(16)13-6-2-3-8(15)14-10(6)17/h4,6H,2-3H2,1H3,(H,13,16)(H,14,15,17). The molecular weight excluding hydrogens is 292 g/mol. The molecule has 3 amide bonds. The van der Waals surface area contributed by atoms with Gasteiger partial charge in [0.15, 0.2) is 5.06 Å². The SMILES string of the molecule is COc1sc(Cl)cc1C(=O)NC1CCC(=O)NC1=O. The second kappa shape index (κ2) is 5.58. The fourth-order valence-electron chi connectivity index (χ4n) is 1.72. The Hall–Kier alpha value is -1.60. The van der Waals surface area contributed by atoms with Crippen molar-refractivity contribution in [3.05, 3.63) is 16.0 Å². The minimum absolute atomic E-state index is 0.207. The van der Waals surface area contributed by atoms with E-state index in [1.165, 1.54) is 13.2 Å². The Morgan fingerprint density at radius 1 is 1.58 bits per heavy atom. The smallest absolute Gasteiger partial charge is 0.256 e. The van der Waals surface area contributed by atoms with Gasteiger partial charge in [0.2, 0.25) is 11.8 Å². The molecule has 0 spiro atoms. The zero-order valence-electron chi connectivity index (χ0n) is 9.99. The van der Waals surface area contributed by atoms with Crippen LogP contribution in [0, 0.1) is 0 Å². The van der Waals surface area contributed by atoms with E-state index in [0.717, 1.165) is 11.3 Å². The molecule has 102 valence electrons. The summed E-state index contributed by atoms with van der Waals surface area (Å²) in [6.45, 7) is 0. The summed E-state index contributed by atoms with van der Waals surface area (Å²) < 4.78 is 5.46. The summed E-state index contributed by atoms with van der Waals surface area (Å²) in [7, 11) is 1.44. The predicted octanol–water partition coefficient (Wildman–Crippen LogP) is 0.945. The molecule has 1 aromatic heterocycles. The minimum Gasteiger partial charge on any atom is -0.487 e. The summed E-state index contributed by atoms with van der Waals surface area (Å²) in [6.07, 6.45) is 0.495. The lowest BCUT2D eigenvalue weighted by atomic mass is 10.1. The molecule has 0 radical (unpaired) electrons. The maximum atomic E-state index is 12.0. The number of thiophene rings is 1. The first-order valence-electron chi connectivity index (χ1n) is 5.49. The number of amides is 3. The number of carbonyl (C=O) groups excluding carboxylic acids is 3. The monoisotopic (exact) mass is 302 g/mol. The highest BCUT2D eigenvalue weighted by Crippen LogP contribution is 2.33. The van der Waals surface area contributed by atoms with Gasteiger partial charge in [0, 0.05) is 6.42 Å². The Morgan fingerprint density at radius 3 is 2.95 bits per heavy atom. The number of carbonyl (C=O) groups is 3. The zero-order valence-corrected chi connectivity index (χ0v) is 11.6. The Balaban J connectivity index is 2.08. The van der Waals surface area contributed by atoms with Crippen molar-refractivity contribution in [2.24, 2.45) is 0 Å². The molecule has 0 aromatic carbocycles. The van der Waals surface area contributed by atoms with Crippen molar-refractivity contribution in [1.29, 1.82) is 0 Å². The average molecular weight is 303 g/mol. The zero-order chi connectivity index (χ0) is 14.0. The second-order valence-corrected chi connectivity index (χ2v) is 5.58. The predicted molar refractivity (Wildman–Crippen MR) is 69.5 cm³/mol. The highest BCUT2D eigenvalue weighted by Gasteiger charge is 2.29. The van der Waals surface area contributed by atoms with Gasteiger partial charge in [-0.1, -0.05) is 22.9 Å². The molecule has 0 bridgehead atoms. The molecule has 1 aromatic rings. The number of methoxy groups -OCH3 is 1. The van der Waals surface area contributed by atoms with Gasteiger partial charge in [-0.05, 0) is 12.5 Å². The Labute approximate surface area is 118 Å². The molecule has 1 fully saturated rings. The van der Waals surface area contributed by atoms with Crippen molar-refractivity contribution >= 4 is 40.7 Å². The van der Waals surface area contributed by atoms with Gasteiger partial charge in [0.05, 0.1) is 17.0 Å². The van der Waals surface area contributed by atoms with E-state index in [4.69, 9.17) is 16.3 Å². The summed E-state index contributed by atoms with van der Waals surface area (Å²) in [4.78, 5) is 34.6. The van der Waals surface area contributed by atoms with Gasteiger partial charge in [-0.2, -0.15) is 0 Å². The van der Waals surface area contributed by atoms with Crippen molar-refractivity contribution < 1.29 is 19.1 Å². The first-order chi connectivity index (χ1) is 9.01. The van der Waals surface area contributed by atoms with Crippen molar-refractivity contribution in [2.45, 2.75) is 18.9 Å². The summed E-state index contributed by atoms with van der Waals surface area (Å²) in [6, 6.07) is 0.764. The van der Waals surface area contributed by atoms with Crippen LogP contribution in [-0.4, -0.2) is 30.9 Å². The van der Waals surface area contributed by atoms with E-state index in [2.05, 4.69) is 10.6 Å². The van der Waals surface area contributed by atoms with E-state index in [9.17, 15) is 14.4 Å². The van der Waals surface area contributed by atoms with Gasteiger partial charge in [-0.25, -0.2) is 0 Å². The minimum atomic E-state index is -0.714. The number of piperidine rings is 1. The van der Waals surface area contributed by atoms with Gasteiger partial charge < -0.3 is 10.1 Å². The number of hydrogen-bond acceptors (Lipinski definition) is 5. The van der Waals surface area contributed by atoms with E-state index in [0.29, 0.717) is 9.40 Å². The van der Waals surface area contributed by atoms with Crippen molar-refractivity contribution in [2.75, 3.05) is 7.11 Å². The van der Waals surface area contributed by atoms with Gasteiger partial charge in [0.1, 0.15) is 6.04 Å². The highest BCUT2D eigenvalue weighted by atomic mass is 35.5. The van der Waals surface area contributed by atoms with E-state index < -0.39 is 17.9 Å². The normalized spacial score (nSPS) is 18.9. The van der Waals surface area contributed by atoms with E-state index >= 15 is 0 Å². The molecule has 0 saturated carbocycles. The second-order valence-electron chi connectivity index (χ2n) is 3.93. The summed E-state index contributed by atoms with van der Waals surface area (Å²) in [5.74, 6) is -1.27. The summed E-state index contributed by atoms with van der Waals surface area (Å²) in [5, 5.41) is 5.12. The van der Waals surface area contributed by atoms with Crippen molar-refractivity contribution in [3.63, 3.8) is 0 Å². The molecule has 2 rings (SSSR count). The summed E-state index contributed by atoms with van der Waals surface area (Å²) >= 11 is 6.95. The molecule has 1 aliphatic rings. The number of rotatable bonds is 3. The quantitative estimate of drug-likeness (QED) is 0.814. The lowest BCUT2D eigenvalue weighted by molar-refractivity contribution is -0.134. The fraction of sp³-hybridized carbons (Fsp3) is 0.364. The molecule has 2 heterocycles. The molecule has 19 heavy (non-hydrogen) atoms. The maximum absolute atomic E-state index is 12.0. The van der Waals surface area contributed by atoms with Gasteiger partial charge in [0.25, 0.3) is 5.91 Å². The number of halogens is 1. The largest absolute Gasteiger partial charge is 0.487 e. The van der Waals surface area contributed by atoms with Crippen LogP contribution >= 0.6 is 22.9 Å². The number of imide groups is 1. The Morgan fingerprint density at radius 2 is 2.32 bits per heavy atom. The lowest BCUT2D eigenvalue weighted by Gasteiger charge is -2.21. The molecule has 1 saturated heterocycles. The third-order valence-corrected chi connectivity index (χ3v) is 3.87. The van der Waals surface area contributed by atoms with Crippen LogP contribution in [0.4, 0.5) is 0 Å². The number of ether oxygens (including phenoxy) is 1. The van der Waals surface area contributed by atoms with Crippen LogP contribution in [0.1, 0.15) is 23.2 Å². The van der Waals surface area contributed by atoms with E-state index in [1.54, 1.807) is 0 Å². The van der Waals surface area contributed by atoms with Crippen LogP contribution in [-0.2, 0) is 9.59 Å². The van der Waals surface area contributed by atoms with Crippen LogP contribution < -0.4 is 15.4 Å². The maximum Gasteiger partial charge on any atom is 0.256 e. The molecule has 1 unspecified atom stereocenters. The molecule has 1 aliphatic heterocycles. The van der Waals surface area contributed by atoms with Gasteiger partial charge in [-0.3, -0.25) is 19.7 Å². The van der Waals surface area contributed by atoms with E-state index in [1.807, 2.05) is 0 Å². The van der Waals surface area contributed by atoms with Gasteiger partial charge in [-0.15, -0.1) is 0 Å². The fourth-order valence-corrected chi connectivity index (χ4v) is 2.74.